The van der Waals surface area contributed by atoms with Crippen LogP contribution in [0.15, 0.2) is 18.3 Å². The van der Waals surface area contributed by atoms with Gasteiger partial charge in [0.1, 0.15) is 11.7 Å². The van der Waals surface area contributed by atoms with Gasteiger partial charge in [0, 0.05) is 13.2 Å². The van der Waals surface area contributed by atoms with E-state index in [1.165, 1.54) is 18.1 Å². The number of carbonyl (C=O) groups excluding carboxylic acids is 1. The van der Waals surface area contributed by atoms with Crippen LogP contribution in [0.5, 0.6) is 0 Å². The minimum absolute atomic E-state index is 0.301. The molecule has 1 unspecified atom stereocenters. The second-order valence-corrected chi connectivity index (χ2v) is 3.85. The lowest BCUT2D eigenvalue weighted by molar-refractivity contribution is -0.142. The van der Waals surface area contributed by atoms with Crippen LogP contribution in [0.4, 0.5) is 0 Å². The Bertz CT molecular complexity index is 432. The molecule has 5 nitrogen and oxygen atoms in total. The fourth-order valence-electron chi connectivity index (χ4n) is 1.63. The van der Waals surface area contributed by atoms with E-state index in [9.17, 15) is 9.59 Å². The van der Waals surface area contributed by atoms with Crippen molar-refractivity contribution in [2.75, 3.05) is 7.05 Å². The first-order chi connectivity index (χ1) is 7.99. The number of pyridine rings is 1. The third-order valence-corrected chi connectivity index (χ3v) is 2.67. The molecule has 0 aliphatic carbocycles. The van der Waals surface area contributed by atoms with Crippen LogP contribution >= 0.6 is 0 Å². The summed E-state index contributed by atoms with van der Waals surface area (Å²) in [4.78, 5) is 28.3. The Balaban J connectivity index is 2.98. The molecule has 17 heavy (non-hydrogen) atoms. The Hall–Kier alpha value is -1.91. The number of likely N-dealkylation sites (N-methyl/N-ethyl adjacent to an activating group) is 1. The van der Waals surface area contributed by atoms with Crippen molar-refractivity contribution in [2.45, 2.75) is 26.3 Å². The third-order valence-electron chi connectivity index (χ3n) is 2.67. The average Bonchev–Trinajstić information content (AvgIpc) is 2.29. The molecule has 0 saturated heterocycles. The SMILES string of the molecule is CCC(C(=O)O)N(C)C(=O)c1ncccc1C. The molecule has 1 aromatic rings. The molecule has 1 amide bonds. The average molecular weight is 236 g/mol. The number of hydrogen-bond donors (Lipinski definition) is 1. The summed E-state index contributed by atoms with van der Waals surface area (Å²) in [5, 5.41) is 8.99. The molecule has 1 atom stereocenters. The van der Waals surface area contributed by atoms with Gasteiger partial charge < -0.3 is 10.0 Å². The van der Waals surface area contributed by atoms with E-state index in [-0.39, 0.29) is 5.91 Å². The third kappa shape index (κ3) is 2.81. The summed E-state index contributed by atoms with van der Waals surface area (Å²) < 4.78 is 0. The molecule has 5 heteroatoms. The predicted octanol–water partition coefficient (Wildman–Crippen LogP) is 1.33. The van der Waals surface area contributed by atoms with Crippen LogP contribution < -0.4 is 0 Å². The molecule has 0 fully saturated rings. The molecule has 1 heterocycles. The Morgan fingerprint density at radius 1 is 1.53 bits per heavy atom. The number of aromatic nitrogens is 1. The first-order valence-corrected chi connectivity index (χ1v) is 5.40. The zero-order valence-corrected chi connectivity index (χ0v) is 10.2. The maximum absolute atomic E-state index is 12.1. The smallest absolute Gasteiger partial charge is 0.326 e. The summed E-state index contributed by atoms with van der Waals surface area (Å²) in [6, 6.07) is 2.69. The Labute approximate surface area is 100 Å². The van der Waals surface area contributed by atoms with E-state index in [1.54, 1.807) is 26.0 Å². The van der Waals surface area contributed by atoms with Crippen molar-refractivity contribution in [1.82, 2.24) is 9.88 Å². The van der Waals surface area contributed by atoms with Crippen molar-refractivity contribution in [2.24, 2.45) is 0 Å². The topological polar surface area (TPSA) is 70.5 Å². The van der Waals surface area contributed by atoms with Crippen molar-refractivity contribution in [1.29, 1.82) is 0 Å². The van der Waals surface area contributed by atoms with Crippen molar-refractivity contribution in [3.05, 3.63) is 29.6 Å². The van der Waals surface area contributed by atoms with Gasteiger partial charge in [-0.2, -0.15) is 0 Å². The van der Waals surface area contributed by atoms with Gasteiger partial charge >= 0.3 is 5.97 Å². The molecule has 0 bridgehead atoms. The number of aliphatic carboxylic acids is 1. The number of carboxylic acid groups (broad SMARTS) is 1. The first-order valence-electron chi connectivity index (χ1n) is 5.40. The van der Waals surface area contributed by atoms with Crippen LogP contribution in [-0.2, 0) is 4.79 Å². The van der Waals surface area contributed by atoms with Crippen LogP contribution in [0.25, 0.3) is 0 Å². The molecule has 0 spiro atoms. The normalized spacial score (nSPS) is 11.9. The number of amides is 1. The maximum atomic E-state index is 12.1. The minimum Gasteiger partial charge on any atom is -0.480 e. The first kappa shape index (κ1) is 13.2. The van der Waals surface area contributed by atoms with Gasteiger partial charge in [0.05, 0.1) is 0 Å². The molecule has 1 aromatic heterocycles. The van der Waals surface area contributed by atoms with Gasteiger partial charge in [-0.25, -0.2) is 4.79 Å². The van der Waals surface area contributed by atoms with Crippen LogP contribution in [0, 0.1) is 6.92 Å². The zero-order valence-electron chi connectivity index (χ0n) is 10.2. The fraction of sp³-hybridized carbons (Fsp3) is 0.417. The number of carbonyl (C=O) groups is 2. The molecular weight excluding hydrogens is 220 g/mol. The highest BCUT2D eigenvalue weighted by molar-refractivity contribution is 5.95. The highest BCUT2D eigenvalue weighted by Crippen LogP contribution is 2.10. The molecule has 0 radical (unpaired) electrons. The van der Waals surface area contributed by atoms with Gasteiger partial charge in [-0.1, -0.05) is 13.0 Å². The van der Waals surface area contributed by atoms with E-state index >= 15 is 0 Å². The molecule has 0 aliphatic rings. The summed E-state index contributed by atoms with van der Waals surface area (Å²) in [6.45, 7) is 3.50. The van der Waals surface area contributed by atoms with Gasteiger partial charge in [0.15, 0.2) is 0 Å². The summed E-state index contributed by atoms with van der Waals surface area (Å²) in [5.41, 5.74) is 1.04. The van der Waals surface area contributed by atoms with Crippen LogP contribution in [0.3, 0.4) is 0 Å². The molecule has 0 aromatic carbocycles. The number of hydrogen-bond acceptors (Lipinski definition) is 3. The van der Waals surface area contributed by atoms with Crippen LogP contribution in [0.1, 0.15) is 29.4 Å². The maximum Gasteiger partial charge on any atom is 0.326 e. The lowest BCUT2D eigenvalue weighted by Crippen LogP contribution is -2.42. The highest BCUT2D eigenvalue weighted by atomic mass is 16.4. The number of nitrogens with zero attached hydrogens (tertiary/aromatic N) is 2. The summed E-state index contributed by atoms with van der Waals surface area (Å²) in [6.07, 6.45) is 1.89. The minimum atomic E-state index is -1.00. The Morgan fingerprint density at radius 3 is 2.65 bits per heavy atom. The summed E-state index contributed by atoms with van der Waals surface area (Å²) >= 11 is 0. The Morgan fingerprint density at radius 2 is 2.18 bits per heavy atom. The quantitative estimate of drug-likeness (QED) is 0.856. The number of rotatable bonds is 4. The van der Waals surface area contributed by atoms with E-state index < -0.39 is 12.0 Å². The van der Waals surface area contributed by atoms with Crippen molar-refractivity contribution < 1.29 is 14.7 Å². The predicted molar refractivity (Wildman–Crippen MR) is 62.8 cm³/mol. The van der Waals surface area contributed by atoms with Gasteiger partial charge in [0.2, 0.25) is 0 Å². The molecule has 1 rings (SSSR count). The molecular formula is C12H16N2O3. The molecule has 1 N–H and O–H groups in total. The monoisotopic (exact) mass is 236 g/mol. The van der Waals surface area contributed by atoms with E-state index in [0.717, 1.165) is 5.56 Å². The van der Waals surface area contributed by atoms with E-state index in [4.69, 9.17) is 5.11 Å². The fourth-order valence-corrected chi connectivity index (χ4v) is 1.63. The van der Waals surface area contributed by atoms with Crippen molar-refractivity contribution in [3.63, 3.8) is 0 Å². The van der Waals surface area contributed by atoms with E-state index in [2.05, 4.69) is 4.98 Å². The second kappa shape index (κ2) is 5.43. The Kier molecular flexibility index (Phi) is 4.20. The second-order valence-electron chi connectivity index (χ2n) is 3.85. The van der Waals surface area contributed by atoms with Crippen LogP contribution in [-0.4, -0.2) is 40.0 Å². The van der Waals surface area contributed by atoms with E-state index in [0.29, 0.717) is 12.1 Å². The number of carboxylic acids is 1. The van der Waals surface area contributed by atoms with Crippen molar-refractivity contribution in [3.8, 4) is 0 Å². The van der Waals surface area contributed by atoms with Gasteiger partial charge in [-0.15, -0.1) is 0 Å². The molecule has 92 valence electrons. The standard InChI is InChI=1S/C12H16N2O3/c1-4-9(12(16)17)14(3)11(15)10-8(2)6-5-7-13-10/h5-7,9H,4H2,1-3H3,(H,16,17). The van der Waals surface area contributed by atoms with Crippen LogP contribution in [0.2, 0.25) is 0 Å². The lowest BCUT2D eigenvalue weighted by atomic mass is 10.1. The summed E-state index contributed by atoms with van der Waals surface area (Å²) in [7, 11) is 1.48. The van der Waals surface area contributed by atoms with Gasteiger partial charge in [0.25, 0.3) is 5.91 Å². The van der Waals surface area contributed by atoms with E-state index in [1.807, 2.05) is 0 Å². The molecule has 0 aliphatic heterocycles. The zero-order chi connectivity index (χ0) is 13.0. The van der Waals surface area contributed by atoms with Gasteiger partial charge in [-0.3, -0.25) is 9.78 Å². The largest absolute Gasteiger partial charge is 0.480 e. The summed E-state index contributed by atoms with van der Waals surface area (Å²) in [5.74, 6) is -1.37. The van der Waals surface area contributed by atoms with Gasteiger partial charge in [-0.05, 0) is 25.0 Å². The van der Waals surface area contributed by atoms with Crippen molar-refractivity contribution >= 4 is 11.9 Å². The highest BCUT2D eigenvalue weighted by Gasteiger charge is 2.26. The molecule has 0 saturated carbocycles. The number of aryl methyl sites for hydroxylation is 1. The lowest BCUT2D eigenvalue weighted by Gasteiger charge is -2.23.